The summed E-state index contributed by atoms with van der Waals surface area (Å²) in [6, 6.07) is 7.57. The molecule has 0 amide bonds. The summed E-state index contributed by atoms with van der Waals surface area (Å²) in [7, 11) is 0. The van der Waals surface area contributed by atoms with Crippen LogP contribution < -0.4 is 11.1 Å². The summed E-state index contributed by atoms with van der Waals surface area (Å²) in [6.45, 7) is 2.30. The maximum Gasteiger partial charge on any atom is 0.0953 e. The second-order valence-electron chi connectivity index (χ2n) is 4.89. The summed E-state index contributed by atoms with van der Waals surface area (Å²) in [4.78, 5) is 4.36. The van der Waals surface area contributed by atoms with E-state index in [9.17, 15) is 5.11 Å². The van der Waals surface area contributed by atoms with E-state index in [1.54, 1.807) is 18.0 Å². The Morgan fingerprint density at radius 1 is 1.42 bits per heavy atom. The highest BCUT2D eigenvalue weighted by atomic mass is 32.2. The number of anilines is 2. The number of aromatic nitrogens is 1. The van der Waals surface area contributed by atoms with Crippen LogP contribution in [0.25, 0.3) is 10.9 Å². The molecule has 0 bridgehead atoms. The van der Waals surface area contributed by atoms with Gasteiger partial charge in [0.05, 0.1) is 16.8 Å². The molecule has 2 aromatic rings. The Labute approximate surface area is 117 Å². The van der Waals surface area contributed by atoms with Gasteiger partial charge in [0.15, 0.2) is 0 Å². The molecule has 0 saturated heterocycles. The zero-order valence-electron chi connectivity index (χ0n) is 11.2. The Bertz CT molecular complexity index is 572. The molecule has 102 valence electrons. The molecule has 19 heavy (non-hydrogen) atoms. The maximum atomic E-state index is 10.2. The molecule has 0 fully saturated rings. The van der Waals surface area contributed by atoms with Crippen LogP contribution in [0.15, 0.2) is 30.5 Å². The summed E-state index contributed by atoms with van der Waals surface area (Å²) in [5.41, 5.74) is 7.63. The van der Waals surface area contributed by atoms with Crippen molar-refractivity contribution in [2.24, 2.45) is 0 Å². The molecule has 0 aliphatic carbocycles. The average molecular weight is 277 g/mol. The first kappa shape index (κ1) is 14.0. The van der Waals surface area contributed by atoms with Crippen LogP contribution in [0.5, 0.6) is 0 Å². The highest BCUT2D eigenvalue weighted by Gasteiger charge is 2.19. The first-order valence-corrected chi connectivity index (χ1v) is 7.51. The lowest BCUT2D eigenvalue weighted by molar-refractivity contribution is 0.0997. The molecular weight excluding hydrogens is 258 g/mol. The van der Waals surface area contributed by atoms with Crippen molar-refractivity contribution in [1.29, 1.82) is 0 Å². The van der Waals surface area contributed by atoms with Gasteiger partial charge in [-0.3, -0.25) is 4.98 Å². The Kier molecular flexibility index (Phi) is 4.17. The zero-order chi connectivity index (χ0) is 13.9. The van der Waals surface area contributed by atoms with E-state index in [1.807, 2.05) is 37.4 Å². The van der Waals surface area contributed by atoms with Crippen LogP contribution >= 0.6 is 11.8 Å². The summed E-state index contributed by atoms with van der Waals surface area (Å²) < 4.78 is 0. The molecule has 1 aromatic carbocycles. The number of fused-ring (bicyclic) bond motifs is 1. The minimum atomic E-state index is -0.748. The second kappa shape index (κ2) is 5.67. The molecule has 1 unspecified atom stereocenters. The quantitative estimate of drug-likeness (QED) is 0.732. The third kappa shape index (κ3) is 3.30. The van der Waals surface area contributed by atoms with Crippen LogP contribution in [0.1, 0.15) is 6.92 Å². The van der Waals surface area contributed by atoms with Crippen molar-refractivity contribution >= 4 is 34.0 Å². The first-order valence-electron chi connectivity index (χ1n) is 6.12. The molecule has 0 saturated carbocycles. The second-order valence-corrected chi connectivity index (χ2v) is 5.75. The highest BCUT2D eigenvalue weighted by Crippen LogP contribution is 2.26. The third-order valence-electron chi connectivity index (χ3n) is 2.92. The topological polar surface area (TPSA) is 71.2 Å². The molecule has 1 aromatic heterocycles. The van der Waals surface area contributed by atoms with Crippen molar-refractivity contribution in [3.8, 4) is 0 Å². The fraction of sp³-hybridized carbons (Fsp3) is 0.357. The number of rotatable bonds is 5. The largest absolute Gasteiger partial charge is 0.398 e. The normalized spacial score (nSPS) is 14.3. The molecule has 0 aliphatic rings. The molecule has 1 heterocycles. The fourth-order valence-corrected chi connectivity index (χ4v) is 2.71. The van der Waals surface area contributed by atoms with Crippen LogP contribution in [-0.2, 0) is 0 Å². The lowest BCUT2D eigenvalue weighted by Gasteiger charge is -2.23. The molecule has 4 nitrogen and oxygen atoms in total. The van der Waals surface area contributed by atoms with Gasteiger partial charge in [-0.15, -0.1) is 0 Å². The van der Waals surface area contributed by atoms with Crippen molar-refractivity contribution < 1.29 is 5.11 Å². The number of benzene rings is 1. The lowest BCUT2D eigenvalue weighted by atomic mass is 10.1. The minimum absolute atomic E-state index is 0.476. The number of nitrogens with zero attached hydrogens (tertiary/aromatic N) is 1. The Morgan fingerprint density at radius 2 is 2.21 bits per heavy atom. The van der Waals surface area contributed by atoms with Crippen LogP contribution in [0.2, 0.25) is 0 Å². The molecule has 0 aliphatic heterocycles. The van der Waals surface area contributed by atoms with E-state index >= 15 is 0 Å². The highest BCUT2D eigenvalue weighted by molar-refractivity contribution is 7.98. The summed E-state index contributed by atoms with van der Waals surface area (Å²) in [5, 5.41) is 14.4. The molecule has 1 atom stereocenters. The zero-order valence-corrected chi connectivity index (χ0v) is 12.0. The van der Waals surface area contributed by atoms with E-state index in [2.05, 4.69) is 10.3 Å². The van der Waals surface area contributed by atoms with Gasteiger partial charge in [-0.05, 0) is 37.4 Å². The molecule has 5 heteroatoms. The van der Waals surface area contributed by atoms with Crippen molar-refractivity contribution in [3.63, 3.8) is 0 Å². The van der Waals surface area contributed by atoms with Crippen LogP contribution in [-0.4, -0.2) is 34.2 Å². The maximum absolute atomic E-state index is 10.2. The predicted molar refractivity (Wildman–Crippen MR) is 83.7 cm³/mol. The van der Waals surface area contributed by atoms with Gasteiger partial charge in [0.2, 0.25) is 0 Å². The number of thioether (sulfide) groups is 1. The van der Waals surface area contributed by atoms with E-state index in [0.717, 1.165) is 16.6 Å². The number of hydrogen-bond donors (Lipinski definition) is 3. The van der Waals surface area contributed by atoms with Crippen molar-refractivity contribution in [1.82, 2.24) is 4.98 Å². The Balaban J connectivity index is 2.24. The van der Waals surface area contributed by atoms with Crippen LogP contribution in [0, 0.1) is 0 Å². The van der Waals surface area contributed by atoms with Gasteiger partial charge in [0, 0.05) is 29.6 Å². The van der Waals surface area contributed by atoms with Gasteiger partial charge in [0.1, 0.15) is 0 Å². The Hall–Kier alpha value is -1.46. The smallest absolute Gasteiger partial charge is 0.0953 e. The van der Waals surface area contributed by atoms with Crippen molar-refractivity contribution in [3.05, 3.63) is 30.5 Å². The van der Waals surface area contributed by atoms with Crippen molar-refractivity contribution in [2.75, 3.05) is 29.6 Å². The number of pyridine rings is 1. The lowest BCUT2D eigenvalue weighted by Crippen LogP contribution is -2.36. The SMILES string of the molecule is CSCC(C)(O)CNc1ccc(N)c2cccnc12. The number of nitrogens with two attached hydrogens (primary N) is 1. The first-order chi connectivity index (χ1) is 9.03. The van der Waals surface area contributed by atoms with Gasteiger partial charge in [0.25, 0.3) is 0 Å². The molecule has 0 spiro atoms. The number of hydrogen-bond acceptors (Lipinski definition) is 5. The van der Waals surface area contributed by atoms with E-state index in [4.69, 9.17) is 5.73 Å². The van der Waals surface area contributed by atoms with Gasteiger partial charge in [-0.25, -0.2) is 0 Å². The standard InChI is InChI=1S/C14H19N3OS/c1-14(18,9-19-2)8-17-12-6-5-11(15)10-4-3-7-16-13(10)12/h3-7,17-18H,8-9,15H2,1-2H3. The minimum Gasteiger partial charge on any atom is -0.398 e. The van der Waals surface area contributed by atoms with Crippen LogP contribution in [0.4, 0.5) is 11.4 Å². The molecule has 2 rings (SSSR count). The van der Waals surface area contributed by atoms with E-state index in [0.29, 0.717) is 18.0 Å². The van der Waals surface area contributed by atoms with E-state index < -0.39 is 5.60 Å². The Morgan fingerprint density at radius 3 is 2.95 bits per heavy atom. The van der Waals surface area contributed by atoms with Gasteiger partial charge >= 0.3 is 0 Å². The predicted octanol–water partition coefficient (Wildman–Crippen LogP) is 2.34. The molecule has 4 N–H and O–H groups in total. The summed E-state index contributed by atoms with van der Waals surface area (Å²) in [6.07, 6.45) is 3.72. The summed E-state index contributed by atoms with van der Waals surface area (Å²) >= 11 is 1.62. The average Bonchev–Trinajstić information content (AvgIpc) is 2.38. The monoisotopic (exact) mass is 277 g/mol. The number of aliphatic hydroxyl groups is 1. The van der Waals surface area contributed by atoms with Crippen LogP contribution in [0.3, 0.4) is 0 Å². The number of nitrogen functional groups attached to an aromatic ring is 1. The van der Waals surface area contributed by atoms with Crippen molar-refractivity contribution in [2.45, 2.75) is 12.5 Å². The van der Waals surface area contributed by atoms with Gasteiger partial charge < -0.3 is 16.2 Å². The number of nitrogens with one attached hydrogen (secondary N) is 1. The fourth-order valence-electron chi connectivity index (χ4n) is 1.98. The van der Waals surface area contributed by atoms with Gasteiger partial charge in [-0.2, -0.15) is 11.8 Å². The van der Waals surface area contributed by atoms with E-state index in [1.165, 1.54) is 0 Å². The molecular formula is C14H19N3OS. The van der Waals surface area contributed by atoms with Gasteiger partial charge in [-0.1, -0.05) is 0 Å². The third-order valence-corrected chi connectivity index (χ3v) is 3.83. The summed E-state index contributed by atoms with van der Waals surface area (Å²) in [5.74, 6) is 0.681. The van der Waals surface area contributed by atoms with E-state index in [-0.39, 0.29) is 0 Å². The molecule has 0 radical (unpaired) electrons.